The second-order valence-corrected chi connectivity index (χ2v) is 6.58. The predicted octanol–water partition coefficient (Wildman–Crippen LogP) is 3.56. The summed E-state index contributed by atoms with van der Waals surface area (Å²) in [5, 5.41) is 3.57. The van der Waals surface area contributed by atoms with Gasteiger partial charge in [-0.25, -0.2) is 0 Å². The van der Waals surface area contributed by atoms with Crippen molar-refractivity contribution >= 4 is 0 Å². The normalized spacial score (nSPS) is 17.0. The first-order valence-electron chi connectivity index (χ1n) is 7.83. The molecule has 0 unspecified atom stereocenters. The van der Waals surface area contributed by atoms with Gasteiger partial charge in [-0.2, -0.15) is 0 Å². The summed E-state index contributed by atoms with van der Waals surface area (Å²) >= 11 is 0. The van der Waals surface area contributed by atoms with E-state index in [1.165, 1.54) is 42.4 Å². The van der Waals surface area contributed by atoms with Gasteiger partial charge in [-0.1, -0.05) is 24.1 Å². The van der Waals surface area contributed by atoms with E-state index in [1.54, 1.807) is 12.7 Å². The molecule has 0 bridgehead atoms. The first-order chi connectivity index (χ1) is 9.56. The summed E-state index contributed by atoms with van der Waals surface area (Å²) in [6.07, 6.45) is 5.33. The number of methoxy groups -OCH3 is 1. The molecule has 0 amide bonds. The van der Waals surface area contributed by atoms with E-state index in [0.29, 0.717) is 5.41 Å². The Kier molecular flexibility index (Phi) is 5.22. The van der Waals surface area contributed by atoms with Crippen LogP contribution in [0, 0.1) is 26.2 Å². The Bertz CT molecular complexity index is 426. The van der Waals surface area contributed by atoms with Gasteiger partial charge in [-0.3, -0.25) is 0 Å². The van der Waals surface area contributed by atoms with Gasteiger partial charge in [0.25, 0.3) is 0 Å². The molecule has 2 rings (SSSR count). The van der Waals surface area contributed by atoms with Crippen LogP contribution in [0.4, 0.5) is 0 Å². The molecule has 1 aromatic carbocycles. The molecule has 1 aliphatic rings. The van der Waals surface area contributed by atoms with Gasteiger partial charge >= 0.3 is 0 Å². The second kappa shape index (κ2) is 6.73. The van der Waals surface area contributed by atoms with E-state index in [-0.39, 0.29) is 0 Å². The van der Waals surface area contributed by atoms with Gasteiger partial charge in [0.1, 0.15) is 0 Å². The van der Waals surface area contributed by atoms with E-state index in [2.05, 4.69) is 38.2 Å². The second-order valence-electron chi connectivity index (χ2n) is 6.58. The van der Waals surface area contributed by atoms with Crippen LogP contribution < -0.4 is 5.32 Å². The van der Waals surface area contributed by atoms with Crippen molar-refractivity contribution in [1.82, 2.24) is 5.32 Å². The molecule has 0 saturated heterocycles. The highest BCUT2D eigenvalue weighted by molar-refractivity contribution is 5.38. The predicted molar refractivity (Wildman–Crippen MR) is 85.4 cm³/mol. The Morgan fingerprint density at radius 3 is 2.30 bits per heavy atom. The summed E-state index contributed by atoms with van der Waals surface area (Å²) in [5.41, 5.74) is 6.36. The molecule has 0 atom stereocenters. The molecule has 1 aromatic rings. The van der Waals surface area contributed by atoms with Crippen molar-refractivity contribution in [3.63, 3.8) is 0 Å². The van der Waals surface area contributed by atoms with E-state index >= 15 is 0 Å². The van der Waals surface area contributed by atoms with E-state index in [4.69, 9.17) is 4.74 Å². The smallest absolute Gasteiger partial charge is 0.0587 e. The number of nitrogens with one attached hydrogen (secondary N) is 1. The average molecular weight is 275 g/mol. The van der Waals surface area contributed by atoms with Crippen molar-refractivity contribution in [1.29, 1.82) is 0 Å². The largest absolute Gasteiger partial charge is 0.383 e. The van der Waals surface area contributed by atoms with E-state index < -0.39 is 0 Å². The lowest BCUT2D eigenvalue weighted by Gasteiger charge is -2.43. The zero-order chi connectivity index (χ0) is 14.6. The molecule has 1 aliphatic carbocycles. The van der Waals surface area contributed by atoms with Crippen molar-refractivity contribution in [3.8, 4) is 0 Å². The highest BCUT2D eigenvalue weighted by atomic mass is 16.5. The molecule has 112 valence electrons. The van der Waals surface area contributed by atoms with Crippen LogP contribution in [-0.4, -0.2) is 26.8 Å². The topological polar surface area (TPSA) is 21.3 Å². The lowest BCUT2D eigenvalue weighted by molar-refractivity contribution is 0.122. The lowest BCUT2D eigenvalue weighted by atomic mass is 9.64. The minimum Gasteiger partial charge on any atom is -0.383 e. The highest BCUT2D eigenvalue weighted by Gasteiger charge is 2.37. The average Bonchev–Trinajstić information content (AvgIpc) is 2.34. The Balaban J connectivity index is 2.03. The maximum atomic E-state index is 5.12. The van der Waals surface area contributed by atoms with Gasteiger partial charge in [0, 0.05) is 20.2 Å². The summed E-state index contributed by atoms with van der Waals surface area (Å²) in [6.45, 7) is 9.61. The van der Waals surface area contributed by atoms with Gasteiger partial charge in [0.2, 0.25) is 0 Å². The van der Waals surface area contributed by atoms with Gasteiger partial charge < -0.3 is 10.1 Å². The summed E-state index contributed by atoms with van der Waals surface area (Å²) in [6, 6.07) is 4.65. The SMILES string of the molecule is COCCNCC1(Cc2c(C)cc(C)cc2C)CCC1. The maximum Gasteiger partial charge on any atom is 0.0587 e. The molecule has 2 nitrogen and oxygen atoms in total. The van der Waals surface area contributed by atoms with Crippen molar-refractivity contribution in [2.75, 3.05) is 26.8 Å². The van der Waals surface area contributed by atoms with Gasteiger partial charge in [0.15, 0.2) is 0 Å². The van der Waals surface area contributed by atoms with Gasteiger partial charge in [-0.05, 0) is 62.1 Å². The summed E-state index contributed by atoms with van der Waals surface area (Å²) in [7, 11) is 1.76. The standard InChI is InChI=1S/C18H29NO/c1-14-10-15(2)17(16(3)11-14)12-18(6-5-7-18)13-19-8-9-20-4/h10-11,19H,5-9,12-13H2,1-4H3. The Morgan fingerprint density at radius 1 is 1.15 bits per heavy atom. The summed E-state index contributed by atoms with van der Waals surface area (Å²) in [5.74, 6) is 0. The van der Waals surface area contributed by atoms with Crippen LogP contribution in [-0.2, 0) is 11.2 Å². The Morgan fingerprint density at radius 2 is 1.80 bits per heavy atom. The monoisotopic (exact) mass is 275 g/mol. The molecular weight excluding hydrogens is 246 g/mol. The van der Waals surface area contributed by atoms with E-state index in [9.17, 15) is 0 Å². The van der Waals surface area contributed by atoms with Crippen molar-refractivity contribution in [3.05, 3.63) is 34.4 Å². The van der Waals surface area contributed by atoms with Crippen LogP contribution in [0.1, 0.15) is 41.5 Å². The summed E-state index contributed by atoms with van der Waals surface area (Å²) in [4.78, 5) is 0. The minimum atomic E-state index is 0.485. The third kappa shape index (κ3) is 3.62. The number of ether oxygens (including phenoxy) is 1. The van der Waals surface area contributed by atoms with Crippen LogP contribution in [0.3, 0.4) is 0 Å². The maximum absolute atomic E-state index is 5.12. The number of hydrogen-bond acceptors (Lipinski definition) is 2. The van der Waals surface area contributed by atoms with Crippen LogP contribution in [0.5, 0.6) is 0 Å². The Labute approximate surface area is 123 Å². The molecule has 0 heterocycles. The third-order valence-corrected chi connectivity index (χ3v) is 4.79. The zero-order valence-corrected chi connectivity index (χ0v) is 13.5. The molecule has 1 N–H and O–H groups in total. The first-order valence-corrected chi connectivity index (χ1v) is 7.83. The van der Waals surface area contributed by atoms with Gasteiger partial charge in [0.05, 0.1) is 6.61 Å². The number of benzene rings is 1. The van der Waals surface area contributed by atoms with Crippen LogP contribution >= 0.6 is 0 Å². The van der Waals surface area contributed by atoms with E-state index in [1.807, 2.05) is 0 Å². The quantitative estimate of drug-likeness (QED) is 0.768. The molecule has 1 saturated carbocycles. The first kappa shape index (κ1) is 15.5. The van der Waals surface area contributed by atoms with Crippen molar-refractivity contribution < 1.29 is 4.74 Å². The summed E-state index contributed by atoms with van der Waals surface area (Å²) < 4.78 is 5.12. The fraction of sp³-hybridized carbons (Fsp3) is 0.667. The van der Waals surface area contributed by atoms with E-state index in [0.717, 1.165) is 19.7 Å². The third-order valence-electron chi connectivity index (χ3n) is 4.79. The number of hydrogen-bond donors (Lipinski definition) is 1. The highest BCUT2D eigenvalue weighted by Crippen LogP contribution is 2.44. The molecule has 0 aliphatic heterocycles. The molecule has 0 aromatic heterocycles. The van der Waals surface area contributed by atoms with Crippen LogP contribution in [0.2, 0.25) is 0 Å². The van der Waals surface area contributed by atoms with Crippen LogP contribution in [0.15, 0.2) is 12.1 Å². The zero-order valence-electron chi connectivity index (χ0n) is 13.5. The van der Waals surface area contributed by atoms with Crippen molar-refractivity contribution in [2.24, 2.45) is 5.41 Å². The molecule has 2 heteroatoms. The fourth-order valence-corrected chi connectivity index (χ4v) is 3.48. The Hall–Kier alpha value is -0.860. The van der Waals surface area contributed by atoms with Gasteiger partial charge in [-0.15, -0.1) is 0 Å². The molecule has 1 fully saturated rings. The number of aryl methyl sites for hydroxylation is 3. The minimum absolute atomic E-state index is 0.485. The lowest BCUT2D eigenvalue weighted by Crippen LogP contribution is -2.42. The molecule has 20 heavy (non-hydrogen) atoms. The van der Waals surface area contributed by atoms with Crippen LogP contribution in [0.25, 0.3) is 0 Å². The molecule has 0 radical (unpaired) electrons. The fourth-order valence-electron chi connectivity index (χ4n) is 3.48. The number of rotatable bonds is 7. The van der Waals surface area contributed by atoms with Crippen molar-refractivity contribution in [2.45, 2.75) is 46.5 Å². The molecule has 0 spiro atoms. The molecular formula is C18H29NO.